The second-order valence-electron chi connectivity index (χ2n) is 6.40. The number of aliphatic hydroxyl groups is 2. The lowest BCUT2D eigenvalue weighted by atomic mass is 9.95. The first-order valence-electron chi connectivity index (χ1n) is 8.77. The molecule has 124 valence electrons. The van der Waals surface area contributed by atoms with Crippen LogP contribution in [0.15, 0.2) is 24.3 Å². The summed E-state index contributed by atoms with van der Waals surface area (Å²) in [5, 5.41) is 19.0. The topological polar surface area (TPSA) is 49.7 Å². The molecule has 0 unspecified atom stereocenters. The molecule has 0 amide bonds. The van der Waals surface area contributed by atoms with Crippen molar-refractivity contribution in [2.24, 2.45) is 0 Å². The fraction of sp³-hybridized carbons (Fsp3) is 0.684. The van der Waals surface area contributed by atoms with Crippen LogP contribution in [0.25, 0.3) is 0 Å². The first-order valence-corrected chi connectivity index (χ1v) is 8.77. The van der Waals surface area contributed by atoms with Gasteiger partial charge in [-0.3, -0.25) is 0 Å². The van der Waals surface area contributed by atoms with Crippen molar-refractivity contribution in [2.75, 3.05) is 6.61 Å². The Kier molecular flexibility index (Phi) is 7.37. The average Bonchev–Trinajstić information content (AvgIpc) is 2.56. The fourth-order valence-corrected chi connectivity index (χ4v) is 3.12. The third-order valence-corrected chi connectivity index (χ3v) is 4.59. The largest absolute Gasteiger partial charge is 0.394 e. The molecular weight excluding hydrogens is 276 g/mol. The Morgan fingerprint density at radius 2 is 1.77 bits per heavy atom. The lowest BCUT2D eigenvalue weighted by Crippen LogP contribution is -2.38. The molecule has 2 rings (SSSR count). The number of aliphatic hydroxyl groups excluding tert-OH is 2. The van der Waals surface area contributed by atoms with Crippen LogP contribution in [-0.2, 0) is 11.2 Å². The molecule has 1 heterocycles. The Labute approximate surface area is 134 Å². The van der Waals surface area contributed by atoms with E-state index in [1.54, 1.807) is 0 Å². The van der Waals surface area contributed by atoms with Gasteiger partial charge in [-0.15, -0.1) is 0 Å². The van der Waals surface area contributed by atoms with Crippen LogP contribution < -0.4 is 0 Å². The zero-order valence-corrected chi connectivity index (χ0v) is 13.7. The van der Waals surface area contributed by atoms with E-state index in [2.05, 4.69) is 31.2 Å². The van der Waals surface area contributed by atoms with Crippen molar-refractivity contribution in [1.29, 1.82) is 0 Å². The number of aryl methyl sites for hydroxylation is 1. The molecule has 0 aliphatic carbocycles. The van der Waals surface area contributed by atoms with Gasteiger partial charge in [0.15, 0.2) is 0 Å². The molecule has 22 heavy (non-hydrogen) atoms. The Bertz CT molecular complexity index is 415. The monoisotopic (exact) mass is 306 g/mol. The number of ether oxygens (including phenoxy) is 1. The number of hydrogen-bond acceptors (Lipinski definition) is 3. The molecule has 3 nitrogen and oxygen atoms in total. The van der Waals surface area contributed by atoms with E-state index in [0.29, 0.717) is 6.42 Å². The molecule has 1 aliphatic rings. The van der Waals surface area contributed by atoms with Crippen molar-refractivity contribution in [1.82, 2.24) is 0 Å². The van der Waals surface area contributed by atoms with E-state index < -0.39 is 12.2 Å². The maximum Gasteiger partial charge on any atom is 0.107 e. The van der Waals surface area contributed by atoms with E-state index in [-0.39, 0.29) is 12.7 Å². The second kappa shape index (κ2) is 9.29. The van der Waals surface area contributed by atoms with Gasteiger partial charge in [0, 0.05) is 0 Å². The van der Waals surface area contributed by atoms with E-state index in [1.807, 2.05) is 0 Å². The van der Waals surface area contributed by atoms with Crippen LogP contribution in [0, 0.1) is 0 Å². The van der Waals surface area contributed by atoms with Gasteiger partial charge in [0.25, 0.3) is 0 Å². The Morgan fingerprint density at radius 3 is 2.45 bits per heavy atom. The van der Waals surface area contributed by atoms with E-state index >= 15 is 0 Å². The minimum atomic E-state index is -0.538. The van der Waals surface area contributed by atoms with Gasteiger partial charge in [-0.25, -0.2) is 0 Å². The summed E-state index contributed by atoms with van der Waals surface area (Å²) in [7, 11) is 0. The highest BCUT2D eigenvalue weighted by Crippen LogP contribution is 2.31. The van der Waals surface area contributed by atoms with Gasteiger partial charge in [-0.05, 0) is 36.8 Å². The lowest BCUT2D eigenvalue weighted by Gasteiger charge is -2.33. The summed E-state index contributed by atoms with van der Waals surface area (Å²) < 4.78 is 5.80. The van der Waals surface area contributed by atoms with Gasteiger partial charge < -0.3 is 14.9 Å². The van der Waals surface area contributed by atoms with E-state index in [4.69, 9.17) is 4.74 Å². The molecule has 2 N–H and O–H groups in total. The van der Waals surface area contributed by atoms with Gasteiger partial charge in [0.05, 0.1) is 18.8 Å². The van der Waals surface area contributed by atoms with E-state index in [1.165, 1.54) is 37.7 Å². The number of unbranched alkanes of at least 4 members (excludes halogenated alkanes) is 4. The van der Waals surface area contributed by atoms with Crippen LogP contribution in [0.5, 0.6) is 0 Å². The molecule has 1 aliphatic heterocycles. The van der Waals surface area contributed by atoms with Crippen LogP contribution in [0.1, 0.15) is 69.1 Å². The first-order chi connectivity index (χ1) is 10.7. The quantitative estimate of drug-likeness (QED) is 0.719. The average molecular weight is 306 g/mol. The molecule has 0 aromatic heterocycles. The van der Waals surface area contributed by atoms with Crippen molar-refractivity contribution < 1.29 is 14.9 Å². The summed E-state index contributed by atoms with van der Waals surface area (Å²) in [5.41, 5.74) is 2.54. The maximum absolute atomic E-state index is 9.75. The van der Waals surface area contributed by atoms with Gasteiger partial charge in [-0.1, -0.05) is 56.9 Å². The number of rotatable bonds is 8. The van der Waals surface area contributed by atoms with Crippen molar-refractivity contribution in [2.45, 2.75) is 76.6 Å². The number of benzene rings is 1. The molecule has 0 saturated carbocycles. The highest BCUT2D eigenvalue weighted by atomic mass is 16.5. The molecule has 3 heteroatoms. The predicted octanol–water partition coefficient (Wildman–Crippen LogP) is 3.77. The van der Waals surface area contributed by atoms with E-state index in [0.717, 1.165) is 18.4 Å². The summed E-state index contributed by atoms with van der Waals surface area (Å²) in [5.74, 6) is 0. The summed E-state index contributed by atoms with van der Waals surface area (Å²) in [6.07, 6.45) is 8.22. The molecule has 0 bridgehead atoms. The lowest BCUT2D eigenvalue weighted by molar-refractivity contribution is -0.135. The summed E-state index contributed by atoms with van der Waals surface area (Å²) in [4.78, 5) is 0. The molecule has 1 saturated heterocycles. The van der Waals surface area contributed by atoms with Crippen LogP contribution in [0.2, 0.25) is 0 Å². The van der Waals surface area contributed by atoms with Gasteiger partial charge in [-0.2, -0.15) is 0 Å². The van der Waals surface area contributed by atoms with Crippen molar-refractivity contribution in [3.8, 4) is 0 Å². The highest BCUT2D eigenvalue weighted by Gasteiger charge is 2.29. The van der Waals surface area contributed by atoms with Crippen LogP contribution in [-0.4, -0.2) is 29.0 Å². The van der Waals surface area contributed by atoms with Crippen LogP contribution in [0.3, 0.4) is 0 Å². The predicted molar refractivity (Wildman–Crippen MR) is 88.8 cm³/mol. The molecule has 1 aromatic rings. The Balaban J connectivity index is 1.81. The summed E-state index contributed by atoms with van der Waals surface area (Å²) in [6, 6.07) is 8.66. The third kappa shape index (κ3) is 5.08. The van der Waals surface area contributed by atoms with Gasteiger partial charge in [0.1, 0.15) is 6.10 Å². The second-order valence-corrected chi connectivity index (χ2v) is 6.40. The molecular formula is C19H30O3. The Hall–Kier alpha value is -0.900. The molecule has 1 aromatic carbocycles. The minimum absolute atomic E-state index is 0.000783. The summed E-state index contributed by atoms with van der Waals surface area (Å²) >= 11 is 0. The van der Waals surface area contributed by atoms with Crippen molar-refractivity contribution >= 4 is 0 Å². The van der Waals surface area contributed by atoms with E-state index in [9.17, 15) is 10.2 Å². The zero-order valence-electron chi connectivity index (χ0n) is 13.7. The SMILES string of the molecule is CCCCCCCc1ccc([C@H]2CC[C@H](O)[C@@H](CO)O2)cc1. The standard InChI is InChI=1S/C19H30O3/c1-2-3-4-5-6-7-15-8-10-16(11-9-15)18-13-12-17(21)19(14-20)22-18/h8-11,17-21H,2-7,12-14H2,1H3/t17-,18+,19+/m0/s1. The highest BCUT2D eigenvalue weighted by molar-refractivity contribution is 5.24. The fourth-order valence-electron chi connectivity index (χ4n) is 3.12. The molecule has 3 atom stereocenters. The number of hydrogen-bond donors (Lipinski definition) is 2. The van der Waals surface area contributed by atoms with Crippen molar-refractivity contribution in [3.05, 3.63) is 35.4 Å². The third-order valence-electron chi connectivity index (χ3n) is 4.59. The minimum Gasteiger partial charge on any atom is -0.394 e. The van der Waals surface area contributed by atoms with Crippen LogP contribution in [0.4, 0.5) is 0 Å². The molecule has 0 radical (unpaired) electrons. The van der Waals surface area contributed by atoms with Crippen molar-refractivity contribution in [3.63, 3.8) is 0 Å². The molecule has 1 fully saturated rings. The smallest absolute Gasteiger partial charge is 0.107 e. The maximum atomic E-state index is 9.75. The Morgan fingerprint density at radius 1 is 1.05 bits per heavy atom. The normalized spacial score (nSPS) is 25.3. The summed E-state index contributed by atoms with van der Waals surface area (Å²) in [6.45, 7) is 2.12. The first kappa shape index (κ1) is 17.5. The van der Waals surface area contributed by atoms with Gasteiger partial charge >= 0.3 is 0 Å². The van der Waals surface area contributed by atoms with Crippen LogP contribution >= 0.6 is 0 Å². The molecule has 0 spiro atoms. The van der Waals surface area contributed by atoms with Gasteiger partial charge in [0.2, 0.25) is 0 Å². The zero-order chi connectivity index (χ0) is 15.8.